The van der Waals surface area contributed by atoms with Gasteiger partial charge in [0.1, 0.15) is 0 Å². The van der Waals surface area contributed by atoms with Crippen LogP contribution in [-0.2, 0) is 17.1 Å². The molecule has 12 heavy (non-hydrogen) atoms. The lowest BCUT2D eigenvalue weighted by Crippen LogP contribution is -2.20. The number of methoxy groups -OCH3 is 2. The summed E-state index contributed by atoms with van der Waals surface area (Å²) >= 11 is 1.71. The van der Waals surface area contributed by atoms with Gasteiger partial charge >= 0.3 is 13.0 Å². The Bertz CT molecular complexity index is 85.6. The summed E-state index contributed by atoms with van der Waals surface area (Å²) in [5, 5.41) is 0. The van der Waals surface area contributed by atoms with E-state index in [1.165, 1.54) is 0 Å². The first kappa shape index (κ1) is 12.9. The maximum absolute atomic E-state index is 5.28. The van der Waals surface area contributed by atoms with Crippen molar-refractivity contribution in [3.63, 3.8) is 0 Å². The first-order chi connectivity index (χ1) is 5.81. The van der Waals surface area contributed by atoms with E-state index in [2.05, 4.69) is 14.1 Å². The minimum atomic E-state index is -1.61. The zero-order chi connectivity index (χ0) is 9.23. The summed E-state index contributed by atoms with van der Waals surface area (Å²) in [6.45, 7) is 2.35. The molecule has 0 unspecified atom stereocenters. The van der Waals surface area contributed by atoms with Gasteiger partial charge in [0.2, 0.25) is 0 Å². The summed E-state index contributed by atoms with van der Waals surface area (Å²) in [5.74, 6) is 0. The highest BCUT2D eigenvalue weighted by Crippen LogP contribution is 1.97. The highest BCUT2D eigenvalue weighted by Gasteiger charge is 2.20. The normalized spacial score (nSPS) is 10.2. The molecule has 0 fully saturated rings. The second-order valence-electron chi connectivity index (χ2n) is 2.00. The van der Waals surface area contributed by atoms with E-state index in [4.69, 9.17) is 17.1 Å². The minimum Gasteiger partial charge on any atom is -0.468 e. The van der Waals surface area contributed by atoms with E-state index in [-0.39, 0.29) is 0 Å². The maximum atomic E-state index is 5.28. The molecule has 0 saturated heterocycles. The molecule has 0 aliphatic carbocycles. The van der Waals surface area contributed by atoms with Gasteiger partial charge in [-0.25, -0.2) is 0 Å². The summed E-state index contributed by atoms with van der Waals surface area (Å²) in [5.41, 5.74) is 0. The van der Waals surface area contributed by atoms with Crippen LogP contribution in [0.3, 0.4) is 0 Å². The van der Waals surface area contributed by atoms with E-state index in [9.17, 15) is 0 Å². The number of rotatable bonds is 8. The SMILES string of the molecule is COCC[O][Al]([Br])[O]CCOC. The smallest absolute Gasteiger partial charge is 0.468 e. The number of halogens is 1. The van der Waals surface area contributed by atoms with Gasteiger partial charge in [-0.1, -0.05) is 0 Å². The fourth-order valence-corrected chi connectivity index (χ4v) is 2.28. The molecule has 0 aromatic carbocycles. The average molecular weight is 257 g/mol. The van der Waals surface area contributed by atoms with Gasteiger partial charge in [0.15, 0.2) is 0 Å². The molecule has 0 aliphatic rings. The fraction of sp³-hybridized carbons (Fsp3) is 1.00. The van der Waals surface area contributed by atoms with Gasteiger partial charge in [-0.3, -0.25) is 0 Å². The Balaban J connectivity index is 3.04. The molecular formula is C6H14AlBrO4. The Labute approximate surface area is 84.8 Å². The fourth-order valence-electron chi connectivity index (χ4n) is 0.496. The van der Waals surface area contributed by atoms with E-state index < -0.39 is 13.0 Å². The van der Waals surface area contributed by atoms with Crippen LogP contribution in [0.5, 0.6) is 0 Å². The summed E-state index contributed by atoms with van der Waals surface area (Å²) < 4.78 is 20.2. The Kier molecular flexibility index (Phi) is 10.6. The predicted octanol–water partition coefficient (Wildman–Crippen LogP) is 0.692. The van der Waals surface area contributed by atoms with Crippen LogP contribution in [0, 0.1) is 0 Å². The van der Waals surface area contributed by atoms with Crippen LogP contribution in [0.2, 0.25) is 0 Å². The van der Waals surface area contributed by atoms with Crippen LogP contribution in [-0.4, -0.2) is 53.6 Å². The molecule has 72 valence electrons. The van der Waals surface area contributed by atoms with E-state index >= 15 is 0 Å². The van der Waals surface area contributed by atoms with Crippen molar-refractivity contribution >= 4 is 27.0 Å². The molecule has 0 radical (unpaired) electrons. The second kappa shape index (κ2) is 9.94. The third-order valence-electron chi connectivity index (χ3n) is 1.07. The monoisotopic (exact) mass is 256 g/mol. The molecule has 0 heterocycles. The first-order valence-corrected chi connectivity index (χ1v) is 7.79. The van der Waals surface area contributed by atoms with Crippen molar-refractivity contribution in [2.45, 2.75) is 0 Å². The third kappa shape index (κ3) is 8.94. The zero-order valence-electron chi connectivity index (χ0n) is 7.42. The van der Waals surface area contributed by atoms with Crippen LogP contribution >= 0.6 is 14.1 Å². The van der Waals surface area contributed by atoms with E-state index in [0.29, 0.717) is 26.4 Å². The largest absolute Gasteiger partial charge is 0.774 e. The maximum Gasteiger partial charge on any atom is 0.774 e. The van der Waals surface area contributed by atoms with Gasteiger partial charge in [-0.15, -0.1) is 14.1 Å². The zero-order valence-corrected chi connectivity index (χ0v) is 10.2. The van der Waals surface area contributed by atoms with Crippen molar-refractivity contribution < 1.29 is 17.1 Å². The molecule has 0 N–H and O–H groups in total. The summed E-state index contributed by atoms with van der Waals surface area (Å²) in [6, 6.07) is 0. The average Bonchev–Trinajstić information content (AvgIpc) is 2.06. The van der Waals surface area contributed by atoms with Gasteiger partial charge in [0, 0.05) is 27.4 Å². The van der Waals surface area contributed by atoms with Crippen molar-refractivity contribution in [2.24, 2.45) is 0 Å². The van der Waals surface area contributed by atoms with Crippen molar-refractivity contribution in [1.29, 1.82) is 0 Å². The van der Waals surface area contributed by atoms with Gasteiger partial charge in [-0.05, 0) is 0 Å². The molecule has 0 aromatic heterocycles. The molecule has 0 atom stereocenters. The first-order valence-electron chi connectivity index (χ1n) is 3.66. The molecule has 0 aromatic rings. The second-order valence-corrected chi connectivity index (χ2v) is 5.46. The van der Waals surface area contributed by atoms with Crippen LogP contribution in [0.25, 0.3) is 0 Å². The van der Waals surface area contributed by atoms with Crippen molar-refractivity contribution in [3.05, 3.63) is 0 Å². The standard InChI is InChI=1S/2C3H7O2.Al.BrH/c2*1-5-3-2-4;;/h2*2-3H2,1H3;;1H/q2*-1;+3;/p-1. The molecule has 0 saturated carbocycles. The van der Waals surface area contributed by atoms with Crippen LogP contribution in [0.1, 0.15) is 0 Å². The minimum absolute atomic E-state index is 0.575. The molecule has 0 spiro atoms. The van der Waals surface area contributed by atoms with E-state index in [0.717, 1.165) is 0 Å². The van der Waals surface area contributed by atoms with Crippen LogP contribution in [0.4, 0.5) is 0 Å². The van der Waals surface area contributed by atoms with E-state index in [1.54, 1.807) is 14.2 Å². The Morgan fingerprint density at radius 2 is 1.33 bits per heavy atom. The summed E-state index contributed by atoms with van der Waals surface area (Å²) in [4.78, 5) is 0. The molecule has 0 bridgehead atoms. The lowest BCUT2D eigenvalue weighted by atomic mass is 10.8. The van der Waals surface area contributed by atoms with Gasteiger partial charge in [0.25, 0.3) is 0 Å². The van der Waals surface area contributed by atoms with Crippen molar-refractivity contribution in [3.8, 4) is 0 Å². The predicted molar refractivity (Wildman–Crippen MR) is 50.3 cm³/mol. The quantitative estimate of drug-likeness (QED) is 0.473. The van der Waals surface area contributed by atoms with Gasteiger partial charge in [-0.2, -0.15) is 0 Å². The van der Waals surface area contributed by atoms with E-state index in [1.807, 2.05) is 0 Å². The molecule has 6 heteroatoms. The summed E-state index contributed by atoms with van der Waals surface area (Å²) in [7, 11) is 3.28. The number of hydrogen-bond acceptors (Lipinski definition) is 4. The number of ether oxygens (including phenoxy) is 2. The van der Waals surface area contributed by atoms with Crippen LogP contribution in [0.15, 0.2) is 0 Å². The molecular weight excluding hydrogens is 243 g/mol. The van der Waals surface area contributed by atoms with Gasteiger partial charge < -0.3 is 17.1 Å². The topological polar surface area (TPSA) is 36.9 Å². The lowest BCUT2D eigenvalue weighted by Gasteiger charge is -2.07. The lowest BCUT2D eigenvalue weighted by molar-refractivity contribution is 0.108. The summed E-state index contributed by atoms with van der Waals surface area (Å²) in [6.07, 6.45) is 0. The molecule has 4 nitrogen and oxygen atoms in total. The van der Waals surface area contributed by atoms with Crippen molar-refractivity contribution in [1.82, 2.24) is 0 Å². The third-order valence-corrected chi connectivity index (χ3v) is 3.65. The van der Waals surface area contributed by atoms with Crippen molar-refractivity contribution in [2.75, 3.05) is 40.6 Å². The highest BCUT2D eigenvalue weighted by atomic mass is 79.9. The number of hydrogen-bond donors (Lipinski definition) is 0. The van der Waals surface area contributed by atoms with Crippen LogP contribution < -0.4 is 0 Å². The Hall–Kier alpha value is 0.852. The molecule has 0 amide bonds. The molecule has 0 rings (SSSR count). The Morgan fingerprint density at radius 3 is 1.67 bits per heavy atom. The Morgan fingerprint density at radius 1 is 0.917 bits per heavy atom. The molecule has 0 aliphatic heterocycles. The highest BCUT2D eigenvalue weighted by molar-refractivity contribution is 9.24. The van der Waals surface area contributed by atoms with Gasteiger partial charge in [0.05, 0.1) is 13.2 Å².